The highest BCUT2D eigenvalue weighted by molar-refractivity contribution is 7.46. The van der Waals surface area contributed by atoms with Gasteiger partial charge < -0.3 is 79.9 Å². The quantitative estimate of drug-likeness (QED) is 0.0153. The predicted octanol–water partition coefficient (Wildman–Crippen LogP) is 21.7. The molecular weight excluding hydrogens is 1530 g/mol. The van der Waals surface area contributed by atoms with Crippen LogP contribution in [0.25, 0.3) is 0 Å². The van der Waals surface area contributed by atoms with E-state index in [1.165, 1.54) is 295 Å². The smallest absolute Gasteiger partial charge is 0.460 e. The van der Waals surface area contributed by atoms with Gasteiger partial charge in [-0.1, -0.05) is 439 Å². The lowest BCUT2D eigenvalue weighted by molar-refractivity contribution is -0.296. The molecule has 704 valence electrons. The van der Waals surface area contributed by atoms with Crippen molar-refractivity contribution in [3.05, 3.63) is 0 Å². The normalized spacial score (nSPS) is 20.6. The molecule has 22 nitrogen and oxygen atoms in total. The fourth-order valence-electron chi connectivity index (χ4n) is 17.1. The molecule has 0 saturated carbocycles. The summed E-state index contributed by atoms with van der Waals surface area (Å²) < 4.78 is 46.7. The van der Waals surface area contributed by atoms with Crippen LogP contribution in [0.3, 0.4) is 0 Å². The van der Waals surface area contributed by atoms with E-state index in [9.17, 15) is 69.3 Å². The number of hydrogen-bond acceptors (Lipinski definition) is 18. The summed E-state index contributed by atoms with van der Waals surface area (Å²) in [5.41, 5.74) is 0. The molecule has 2 rings (SSSR count). The van der Waals surface area contributed by atoms with E-state index in [2.05, 4.69) is 38.3 Å². The van der Waals surface area contributed by atoms with Crippen LogP contribution in [-0.2, 0) is 52.0 Å². The van der Waals surface area contributed by atoms with Crippen LogP contribution in [0.15, 0.2) is 0 Å². The molecule has 2 fully saturated rings. The maximum atomic E-state index is 14.3. The minimum atomic E-state index is -5.40. The molecule has 14 atom stereocenters. The van der Waals surface area contributed by atoms with E-state index < -0.39 is 137 Å². The van der Waals surface area contributed by atoms with Crippen molar-refractivity contribution in [3.63, 3.8) is 0 Å². The van der Waals surface area contributed by atoms with Gasteiger partial charge in [0.1, 0.15) is 60.9 Å². The summed E-state index contributed by atoms with van der Waals surface area (Å²) in [6.45, 7) is 7.26. The lowest BCUT2D eigenvalue weighted by atomic mass is 9.95. The molecular formula is C96H185N2O20P. The average Bonchev–Trinajstić information content (AvgIpc) is 0.791. The Morgan fingerprint density at radius 2 is 0.588 bits per heavy atom. The Labute approximate surface area is 725 Å². The molecule has 119 heavy (non-hydrogen) atoms. The van der Waals surface area contributed by atoms with Gasteiger partial charge in [0.2, 0.25) is 11.8 Å². The van der Waals surface area contributed by atoms with Crippen LogP contribution in [0, 0.1) is 0 Å². The Morgan fingerprint density at radius 3 is 0.849 bits per heavy atom. The van der Waals surface area contributed by atoms with Gasteiger partial charge in [0, 0.05) is 0 Å². The molecule has 2 heterocycles. The van der Waals surface area contributed by atoms with Crippen molar-refractivity contribution < 1.29 is 97.5 Å². The summed E-state index contributed by atoms with van der Waals surface area (Å²) in [6, 6.07) is -3.34. The van der Waals surface area contributed by atoms with Crippen molar-refractivity contribution in [1.29, 1.82) is 0 Å². The number of phosphoric ester groups is 1. The highest BCUT2D eigenvalue weighted by atomic mass is 31.2. The number of ether oxygens (including phenoxy) is 5. The number of phosphoric acid groups is 1. The van der Waals surface area contributed by atoms with Crippen molar-refractivity contribution in [2.24, 2.45) is 0 Å². The average molecular weight is 1720 g/mol. The zero-order valence-corrected chi connectivity index (χ0v) is 77.3. The van der Waals surface area contributed by atoms with Gasteiger partial charge in [0.15, 0.2) is 24.8 Å². The predicted molar refractivity (Wildman–Crippen MR) is 478 cm³/mol. The molecule has 0 aliphatic carbocycles. The molecule has 2 amide bonds. The van der Waals surface area contributed by atoms with Gasteiger partial charge in [-0.05, 0) is 38.5 Å². The standard InChI is InChI=1S/C96H185N2O20P/c1-5-9-13-17-21-25-29-33-35-37-39-41-43-45-49-53-57-61-65-69-73-81(100)93(107)114-79(71-67-63-59-55-51-47-31-27-23-19-15-11-7-3)75-85(102)97-87-90(105)89(104)84(116-95(87)109)78-113-96-88(91(106)92(83(77-99)117-96)118-119(110,111)112)98-86(103)76-80(72-68-64-60-56-52-48-32-28-24-20-16-12-8-4)115-94(108)82(101)74-70-66-62-58-54-50-46-44-42-40-38-36-34-30-26-22-18-14-10-6-2/h79-84,87-92,95-96,99-101,104-106,109H,5-78H2,1-4H3,(H,97,102)(H,98,103)(H2,110,111,112)/t79-,80-,81?,82?,83-,84-,87-,88-,89-,90-,91-,92-,95+,96-/m1/s1. The molecule has 23 heteroatoms. The molecule has 2 aliphatic heterocycles. The lowest BCUT2D eigenvalue weighted by Crippen LogP contribution is -2.67. The van der Waals surface area contributed by atoms with Crippen molar-refractivity contribution in [2.45, 2.75) is 576 Å². The summed E-state index contributed by atoms with van der Waals surface area (Å²) in [4.78, 5) is 75.2. The first-order valence-electron chi connectivity index (χ1n) is 50.2. The van der Waals surface area contributed by atoms with Crippen LogP contribution in [0.5, 0.6) is 0 Å². The van der Waals surface area contributed by atoms with E-state index in [0.717, 1.165) is 103 Å². The van der Waals surface area contributed by atoms with Crippen molar-refractivity contribution in [3.8, 4) is 0 Å². The molecule has 0 bridgehead atoms. The number of aliphatic hydroxyl groups is 7. The third kappa shape index (κ3) is 61.6. The summed E-state index contributed by atoms with van der Waals surface area (Å²) in [6.07, 6.45) is 58.9. The Kier molecular flexibility index (Phi) is 73.7. The molecule has 0 aromatic carbocycles. The number of carbonyl (C=O) groups excluding carboxylic acids is 4. The Morgan fingerprint density at radius 1 is 0.336 bits per heavy atom. The number of aliphatic hydroxyl groups excluding tert-OH is 7. The molecule has 0 radical (unpaired) electrons. The highest BCUT2D eigenvalue weighted by Gasteiger charge is 2.51. The van der Waals surface area contributed by atoms with Crippen LogP contribution in [-0.4, -0.2) is 168 Å². The van der Waals surface area contributed by atoms with E-state index in [1.807, 2.05) is 0 Å². The lowest BCUT2D eigenvalue weighted by Gasteiger charge is -2.45. The Hall–Kier alpha value is -2.41. The number of esters is 2. The molecule has 0 aromatic rings. The van der Waals surface area contributed by atoms with E-state index in [-0.39, 0.29) is 25.7 Å². The second-order valence-corrected chi connectivity index (χ2v) is 37.2. The SMILES string of the molecule is CCCCCCCCCCCCCCCCCCCCCCC(O)C(=O)O[C@H](CCCCCCCCCCCCCCC)CC(=O)N[C@@H]1[C@@H](O)[C@H](O)[C@@H](CO[C@@H]2O[C@H](CO)[C@@H](OP(=O)(O)O)[C@H](O)[C@H]2NC(=O)C[C@@H](CCCCCCCCCCCCCCC)OC(=O)C(O)CCCCCCCCCCCCCCCCCCCCCC)O[C@@H]1O. The van der Waals surface area contributed by atoms with Gasteiger partial charge in [-0.3, -0.25) is 14.1 Å². The summed E-state index contributed by atoms with van der Waals surface area (Å²) in [5.74, 6) is -3.26. The number of amides is 2. The number of hydrogen-bond donors (Lipinski definition) is 11. The Bertz CT molecular complexity index is 2380. The molecule has 0 aromatic heterocycles. The molecule has 2 aliphatic rings. The first-order valence-corrected chi connectivity index (χ1v) is 51.7. The zero-order chi connectivity index (χ0) is 86.9. The fraction of sp³-hybridized carbons (Fsp3) is 0.958. The maximum Gasteiger partial charge on any atom is 0.470 e. The minimum absolute atomic E-state index is 0.181. The van der Waals surface area contributed by atoms with Crippen molar-refractivity contribution >= 4 is 31.6 Å². The minimum Gasteiger partial charge on any atom is -0.460 e. The van der Waals surface area contributed by atoms with Gasteiger partial charge in [-0.25, -0.2) is 14.2 Å². The number of rotatable bonds is 86. The summed E-state index contributed by atoms with van der Waals surface area (Å²) in [5, 5.41) is 84.1. The molecule has 2 saturated heterocycles. The monoisotopic (exact) mass is 1720 g/mol. The van der Waals surface area contributed by atoms with Crippen LogP contribution < -0.4 is 10.6 Å². The number of nitrogens with one attached hydrogen (secondary N) is 2. The van der Waals surface area contributed by atoms with E-state index >= 15 is 0 Å². The van der Waals surface area contributed by atoms with Crippen LogP contribution in [0.4, 0.5) is 0 Å². The third-order valence-corrected chi connectivity index (χ3v) is 25.3. The number of unbranched alkanes of at least 4 members (excludes halogenated alkanes) is 62. The van der Waals surface area contributed by atoms with Gasteiger partial charge in [0.05, 0.1) is 26.1 Å². The molecule has 11 N–H and O–H groups in total. The van der Waals surface area contributed by atoms with Gasteiger partial charge in [-0.2, -0.15) is 0 Å². The topological polar surface area (TPSA) is 347 Å². The van der Waals surface area contributed by atoms with Crippen LogP contribution >= 0.6 is 7.82 Å². The molecule has 0 spiro atoms. The highest BCUT2D eigenvalue weighted by Crippen LogP contribution is 2.42. The molecule has 2 unspecified atom stereocenters. The second-order valence-electron chi connectivity index (χ2n) is 36.0. The zero-order valence-electron chi connectivity index (χ0n) is 76.4. The van der Waals surface area contributed by atoms with E-state index in [0.29, 0.717) is 32.1 Å². The summed E-state index contributed by atoms with van der Waals surface area (Å²) in [7, 11) is -5.40. The first kappa shape index (κ1) is 113. The first-order chi connectivity index (χ1) is 57.8. The van der Waals surface area contributed by atoms with Crippen molar-refractivity contribution in [1.82, 2.24) is 10.6 Å². The van der Waals surface area contributed by atoms with Gasteiger partial charge in [-0.15, -0.1) is 0 Å². The van der Waals surface area contributed by atoms with Crippen LogP contribution in [0.1, 0.15) is 490 Å². The van der Waals surface area contributed by atoms with E-state index in [4.69, 9.17) is 28.2 Å². The van der Waals surface area contributed by atoms with Gasteiger partial charge in [0.25, 0.3) is 0 Å². The summed E-state index contributed by atoms with van der Waals surface area (Å²) >= 11 is 0. The van der Waals surface area contributed by atoms with E-state index in [1.54, 1.807) is 0 Å². The Balaban J connectivity index is 2.09. The largest absolute Gasteiger partial charge is 0.470 e. The van der Waals surface area contributed by atoms with Gasteiger partial charge >= 0.3 is 19.8 Å². The maximum absolute atomic E-state index is 14.3. The third-order valence-electron chi connectivity index (χ3n) is 24.8. The van der Waals surface area contributed by atoms with Crippen molar-refractivity contribution in [2.75, 3.05) is 13.2 Å². The number of carbonyl (C=O) groups is 4. The second kappa shape index (κ2) is 77.9. The fourth-order valence-corrected chi connectivity index (χ4v) is 17.7. The van der Waals surface area contributed by atoms with Crippen LogP contribution in [0.2, 0.25) is 0 Å².